The third-order valence-electron chi connectivity index (χ3n) is 4.16. The molecule has 44 valence electrons. The second-order valence-electron chi connectivity index (χ2n) is 4.33. The van der Waals surface area contributed by atoms with Crippen LogP contribution in [-0.2, 0) is 0 Å². The fourth-order valence-corrected chi connectivity index (χ4v) is 3.44. The molecule has 0 aromatic heterocycles. The van der Waals surface area contributed by atoms with Gasteiger partial charge in [0.2, 0.25) is 0 Å². The molecule has 4 saturated carbocycles. The Hall–Kier alpha value is 0. The average Bonchev–Trinajstić information content (AvgIpc) is 2.30. The molecule has 4 aliphatic rings. The van der Waals surface area contributed by atoms with Gasteiger partial charge in [-0.15, -0.1) is 0 Å². The molecule has 0 radical (unpaired) electrons. The van der Waals surface area contributed by atoms with Crippen LogP contribution in [-0.4, -0.2) is 0 Å². The van der Waals surface area contributed by atoms with E-state index in [1.807, 2.05) is 0 Å². The summed E-state index contributed by atoms with van der Waals surface area (Å²) in [7, 11) is 0. The van der Waals surface area contributed by atoms with Crippen LogP contribution in [0.15, 0.2) is 0 Å². The molecule has 2 atom stereocenters. The lowest BCUT2D eigenvalue weighted by atomic mass is 10.1. The van der Waals surface area contributed by atoms with Crippen LogP contribution in [0.3, 0.4) is 0 Å². The van der Waals surface area contributed by atoms with E-state index >= 15 is 0 Å². The highest BCUT2D eigenvalue weighted by Crippen LogP contribution is 3.19. The summed E-state index contributed by atoms with van der Waals surface area (Å²) in [6, 6.07) is 0. The van der Waals surface area contributed by atoms with Crippen molar-refractivity contribution >= 4 is 0 Å². The fraction of sp³-hybridized carbons (Fsp3) is 1.00. The molecule has 0 aliphatic heterocycles. The first-order valence-electron chi connectivity index (χ1n) is 3.68. The maximum absolute atomic E-state index is 2.46. The second kappa shape index (κ2) is 0.571. The van der Waals surface area contributed by atoms with E-state index in [2.05, 4.69) is 20.8 Å². The number of hydrogen-bond donors (Lipinski definition) is 0. The first-order valence-corrected chi connectivity index (χ1v) is 3.68. The van der Waals surface area contributed by atoms with Gasteiger partial charge in [-0.1, -0.05) is 20.8 Å². The summed E-state index contributed by atoms with van der Waals surface area (Å²) in [6.45, 7) is 7.22. The van der Waals surface area contributed by atoms with Crippen LogP contribution in [0.1, 0.15) is 20.8 Å². The Morgan fingerprint density at radius 1 is 1.25 bits per heavy atom. The van der Waals surface area contributed by atoms with Gasteiger partial charge in [0.05, 0.1) is 0 Å². The summed E-state index contributed by atoms with van der Waals surface area (Å²) in [5.41, 5.74) is 1.86. The lowest BCUT2D eigenvalue weighted by molar-refractivity contribution is 0.516. The largest absolute Gasteiger partial charge is 0.0622 e. The van der Waals surface area contributed by atoms with Crippen LogP contribution >= 0.6 is 0 Å². The van der Waals surface area contributed by atoms with Crippen LogP contribution in [0, 0.1) is 28.6 Å². The Balaban J connectivity index is 2.00. The molecule has 0 spiro atoms. The van der Waals surface area contributed by atoms with Crippen molar-refractivity contribution in [2.24, 2.45) is 28.6 Å². The van der Waals surface area contributed by atoms with E-state index in [0.29, 0.717) is 0 Å². The molecular weight excluding hydrogens is 96.1 g/mol. The van der Waals surface area contributed by atoms with Crippen molar-refractivity contribution in [3.05, 3.63) is 0 Å². The lowest BCUT2D eigenvalue weighted by Gasteiger charge is -1.97. The molecule has 4 fully saturated rings. The molecule has 0 N–H and O–H groups in total. The van der Waals surface area contributed by atoms with E-state index in [1.54, 1.807) is 0 Å². The van der Waals surface area contributed by atoms with Crippen molar-refractivity contribution in [3.63, 3.8) is 0 Å². The van der Waals surface area contributed by atoms with Gasteiger partial charge in [-0.2, -0.15) is 0 Å². The van der Waals surface area contributed by atoms with E-state index in [9.17, 15) is 0 Å². The van der Waals surface area contributed by atoms with E-state index in [0.717, 1.165) is 16.7 Å². The maximum atomic E-state index is 2.46. The molecule has 2 unspecified atom stereocenters. The van der Waals surface area contributed by atoms with Crippen molar-refractivity contribution in [2.45, 2.75) is 20.8 Å². The topological polar surface area (TPSA) is 0 Å². The van der Waals surface area contributed by atoms with Crippen molar-refractivity contribution in [2.75, 3.05) is 0 Å². The van der Waals surface area contributed by atoms with Crippen LogP contribution in [0.5, 0.6) is 0 Å². The van der Waals surface area contributed by atoms with Crippen LogP contribution in [0.25, 0.3) is 0 Å². The molecule has 4 aliphatic carbocycles. The van der Waals surface area contributed by atoms with Gasteiger partial charge in [0.1, 0.15) is 0 Å². The zero-order chi connectivity index (χ0) is 5.73. The van der Waals surface area contributed by atoms with Crippen molar-refractivity contribution in [1.82, 2.24) is 0 Å². The Bertz CT molecular complexity index is 168. The number of hydrogen-bond acceptors (Lipinski definition) is 0. The minimum absolute atomic E-state index is 0.918. The summed E-state index contributed by atoms with van der Waals surface area (Å²) >= 11 is 0. The van der Waals surface area contributed by atoms with Gasteiger partial charge in [0, 0.05) is 0 Å². The van der Waals surface area contributed by atoms with Gasteiger partial charge in [-0.3, -0.25) is 0 Å². The molecule has 0 saturated heterocycles. The third kappa shape index (κ3) is 0.122. The number of rotatable bonds is 1. The minimum atomic E-state index is 0.918. The van der Waals surface area contributed by atoms with Gasteiger partial charge in [0.25, 0.3) is 0 Å². The molecular formula is C8H12. The summed E-state index contributed by atoms with van der Waals surface area (Å²) in [6.07, 6.45) is 0. The molecule has 0 amide bonds. The van der Waals surface area contributed by atoms with Crippen LogP contribution in [0.4, 0.5) is 0 Å². The average molecular weight is 108 g/mol. The van der Waals surface area contributed by atoms with E-state index in [-0.39, 0.29) is 0 Å². The van der Waals surface area contributed by atoms with Crippen LogP contribution < -0.4 is 0 Å². The Morgan fingerprint density at radius 3 is 1.62 bits per heavy atom. The van der Waals surface area contributed by atoms with E-state index in [4.69, 9.17) is 0 Å². The molecule has 0 aromatic carbocycles. The molecule has 0 heteroatoms. The van der Waals surface area contributed by atoms with Gasteiger partial charge >= 0.3 is 0 Å². The van der Waals surface area contributed by atoms with Crippen molar-refractivity contribution < 1.29 is 0 Å². The smallest absolute Gasteiger partial charge is 0.0141 e. The molecule has 0 aromatic rings. The molecule has 8 heavy (non-hydrogen) atoms. The summed E-state index contributed by atoms with van der Waals surface area (Å²) in [5, 5.41) is 0. The Kier molecular flexibility index (Phi) is 0.280. The fourth-order valence-electron chi connectivity index (χ4n) is 3.44. The van der Waals surface area contributed by atoms with Crippen LogP contribution in [0.2, 0.25) is 0 Å². The monoisotopic (exact) mass is 108 g/mol. The zero-order valence-electron chi connectivity index (χ0n) is 5.73. The van der Waals surface area contributed by atoms with Gasteiger partial charge in [-0.05, 0) is 28.6 Å². The molecule has 0 nitrogen and oxygen atoms in total. The van der Waals surface area contributed by atoms with Gasteiger partial charge < -0.3 is 0 Å². The SMILES string of the molecule is CC(C)C12C3C1C32C. The maximum Gasteiger partial charge on any atom is -0.0141 e. The zero-order valence-corrected chi connectivity index (χ0v) is 5.73. The van der Waals surface area contributed by atoms with E-state index in [1.165, 1.54) is 11.8 Å². The van der Waals surface area contributed by atoms with E-state index < -0.39 is 0 Å². The van der Waals surface area contributed by atoms with Gasteiger partial charge in [0.15, 0.2) is 0 Å². The second-order valence-corrected chi connectivity index (χ2v) is 4.33. The quantitative estimate of drug-likeness (QED) is 0.481. The first kappa shape index (κ1) is 3.92. The highest BCUT2D eigenvalue weighted by molar-refractivity contribution is 5.62. The van der Waals surface area contributed by atoms with Crippen molar-refractivity contribution in [1.29, 1.82) is 0 Å². The molecule has 0 bridgehead atoms. The van der Waals surface area contributed by atoms with Gasteiger partial charge in [-0.25, -0.2) is 0 Å². The highest BCUT2D eigenvalue weighted by atomic mass is 15.2. The first-order chi connectivity index (χ1) is 3.68. The molecule has 4 rings (SSSR count). The third-order valence-corrected chi connectivity index (χ3v) is 4.16. The summed E-state index contributed by atoms with van der Waals surface area (Å²) < 4.78 is 0. The minimum Gasteiger partial charge on any atom is -0.0622 e. The standard InChI is InChI=1S/C8H12/c1-4(2)8-5-6(8)7(5,8)3/h4-6H,1-3H3. The normalized spacial score (nSPS) is 79.5. The highest BCUT2D eigenvalue weighted by Gasteiger charge is 3.16. The Morgan fingerprint density at radius 2 is 1.62 bits per heavy atom. The predicted molar refractivity (Wildman–Crippen MR) is 32.4 cm³/mol. The lowest BCUT2D eigenvalue weighted by Crippen LogP contribution is -1.90. The molecule has 0 heterocycles. The summed E-state index contributed by atoms with van der Waals surface area (Å²) in [5.74, 6) is 3.42. The van der Waals surface area contributed by atoms with Crippen molar-refractivity contribution in [3.8, 4) is 0 Å². The summed E-state index contributed by atoms with van der Waals surface area (Å²) in [4.78, 5) is 0. The Labute approximate surface area is 50.3 Å². The predicted octanol–water partition coefficient (Wildman–Crippen LogP) is 1.91.